The zero-order valence-electron chi connectivity index (χ0n) is 21.5. The van der Waals surface area contributed by atoms with Crippen molar-refractivity contribution < 1.29 is 4.79 Å². The monoisotopic (exact) mass is 452 g/mol. The predicted octanol–water partition coefficient (Wildman–Crippen LogP) is 5.30. The maximum absolute atomic E-state index is 12.4. The second-order valence-corrected chi connectivity index (χ2v) is 9.80. The van der Waals surface area contributed by atoms with Crippen LogP contribution in [0.15, 0.2) is 0 Å². The van der Waals surface area contributed by atoms with Crippen LogP contribution in [0.5, 0.6) is 0 Å². The van der Waals surface area contributed by atoms with Gasteiger partial charge in [-0.05, 0) is 64.8 Å². The third-order valence-electron chi connectivity index (χ3n) is 6.61. The smallest absolute Gasteiger partial charge is 0.221 e. The first-order valence-electron chi connectivity index (χ1n) is 14.2. The number of carbonyl (C=O) groups is 1. The van der Waals surface area contributed by atoms with Gasteiger partial charge in [0.2, 0.25) is 5.91 Å². The first kappa shape index (κ1) is 29.4. The third-order valence-corrected chi connectivity index (χ3v) is 6.61. The highest BCUT2D eigenvalue weighted by molar-refractivity contribution is 5.76. The zero-order valence-corrected chi connectivity index (χ0v) is 21.5. The number of amides is 1. The van der Waals surface area contributed by atoms with Gasteiger partial charge >= 0.3 is 0 Å². The molecule has 1 atom stereocenters. The summed E-state index contributed by atoms with van der Waals surface area (Å²) in [5.74, 6) is 0.212. The quantitative estimate of drug-likeness (QED) is 0.287. The van der Waals surface area contributed by atoms with E-state index in [4.69, 9.17) is 0 Å². The fourth-order valence-electron chi connectivity index (χ4n) is 4.51. The second kappa shape index (κ2) is 23.5. The van der Waals surface area contributed by atoms with Crippen molar-refractivity contribution in [3.05, 3.63) is 0 Å². The molecule has 1 rings (SSSR count). The summed E-state index contributed by atoms with van der Waals surface area (Å²) < 4.78 is 0. The highest BCUT2D eigenvalue weighted by Gasteiger charge is 2.13. The van der Waals surface area contributed by atoms with Crippen LogP contribution < -0.4 is 21.3 Å². The van der Waals surface area contributed by atoms with Gasteiger partial charge in [-0.1, -0.05) is 84.0 Å². The SMILES string of the molecule is CCCCCCCCCCCCCC[C@@H]1CC(=O)NCCCNCCCCNCCCN1. The fourth-order valence-corrected chi connectivity index (χ4v) is 4.51. The van der Waals surface area contributed by atoms with Gasteiger partial charge in [0, 0.05) is 19.0 Å². The Labute approximate surface area is 200 Å². The Bertz CT molecular complexity index is 405. The summed E-state index contributed by atoms with van der Waals surface area (Å²) in [7, 11) is 0. The van der Waals surface area contributed by atoms with Crippen molar-refractivity contribution in [2.45, 2.75) is 129 Å². The molecule has 0 aromatic carbocycles. The lowest BCUT2D eigenvalue weighted by Crippen LogP contribution is -2.37. The largest absolute Gasteiger partial charge is 0.356 e. The van der Waals surface area contributed by atoms with E-state index >= 15 is 0 Å². The van der Waals surface area contributed by atoms with Gasteiger partial charge in [-0.3, -0.25) is 4.79 Å². The molecule has 0 spiro atoms. The lowest BCUT2D eigenvalue weighted by atomic mass is 10.0. The van der Waals surface area contributed by atoms with E-state index in [1.165, 1.54) is 89.9 Å². The summed E-state index contributed by atoms with van der Waals surface area (Å²) >= 11 is 0. The van der Waals surface area contributed by atoms with E-state index in [0.29, 0.717) is 12.5 Å². The van der Waals surface area contributed by atoms with Crippen LogP contribution in [0.25, 0.3) is 0 Å². The maximum Gasteiger partial charge on any atom is 0.221 e. The lowest BCUT2D eigenvalue weighted by Gasteiger charge is -2.19. The molecule has 5 heteroatoms. The summed E-state index contributed by atoms with van der Waals surface area (Å²) in [6.45, 7) is 8.34. The van der Waals surface area contributed by atoms with Gasteiger partial charge in [0.15, 0.2) is 0 Å². The van der Waals surface area contributed by atoms with Gasteiger partial charge < -0.3 is 21.3 Å². The minimum Gasteiger partial charge on any atom is -0.356 e. The van der Waals surface area contributed by atoms with E-state index in [9.17, 15) is 4.79 Å². The summed E-state index contributed by atoms with van der Waals surface area (Å²) in [4.78, 5) is 12.4. The molecule has 0 saturated carbocycles. The summed E-state index contributed by atoms with van der Waals surface area (Å²) in [6.07, 6.45) is 22.9. The zero-order chi connectivity index (χ0) is 23.0. The van der Waals surface area contributed by atoms with Crippen LogP contribution in [0, 0.1) is 0 Å². The molecule has 32 heavy (non-hydrogen) atoms. The Hall–Kier alpha value is -0.650. The average Bonchev–Trinajstić information content (AvgIpc) is 2.79. The Morgan fingerprint density at radius 2 is 1.12 bits per heavy atom. The topological polar surface area (TPSA) is 65.2 Å². The van der Waals surface area contributed by atoms with E-state index in [0.717, 1.165) is 58.5 Å². The molecule has 1 fully saturated rings. The second-order valence-electron chi connectivity index (χ2n) is 9.80. The van der Waals surface area contributed by atoms with Gasteiger partial charge in [-0.25, -0.2) is 0 Å². The summed E-state index contributed by atoms with van der Waals surface area (Å²) in [6, 6.07) is 0.326. The van der Waals surface area contributed by atoms with E-state index in [-0.39, 0.29) is 5.91 Å². The number of carbonyl (C=O) groups excluding carboxylic acids is 1. The summed E-state index contributed by atoms with van der Waals surface area (Å²) in [5.41, 5.74) is 0. The van der Waals surface area contributed by atoms with Crippen molar-refractivity contribution in [2.24, 2.45) is 0 Å². The van der Waals surface area contributed by atoms with Crippen molar-refractivity contribution in [3.8, 4) is 0 Å². The van der Waals surface area contributed by atoms with E-state index < -0.39 is 0 Å². The standard InChI is InChI=1S/C27H56N4O/c1-2-3-4-5-6-7-8-9-10-11-12-13-18-26-25-27(32)31-24-17-22-29-20-15-14-19-28-21-16-23-30-26/h26,28-30H,2-25H2,1H3,(H,31,32)/t26-/m1/s1. The van der Waals surface area contributed by atoms with Crippen molar-refractivity contribution in [1.82, 2.24) is 21.3 Å². The molecular formula is C27H56N4O. The Morgan fingerprint density at radius 1 is 0.625 bits per heavy atom. The number of unbranched alkanes of at least 4 members (excludes halogenated alkanes) is 11. The normalized spacial score (nSPS) is 20.5. The average molecular weight is 453 g/mol. The number of hydrogen-bond donors (Lipinski definition) is 4. The minimum atomic E-state index is 0.212. The lowest BCUT2D eigenvalue weighted by molar-refractivity contribution is -0.121. The number of hydrogen-bond acceptors (Lipinski definition) is 4. The first-order valence-corrected chi connectivity index (χ1v) is 14.2. The molecule has 190 valence electrons. The minimum absolute atomic E-state index is 0.212. The van der Waals surface area contributed by atoms with Gasteiger partial charge in [0.25, 0.3) is 0 Å². The Morgan fingerprint density at radius 3 is 1.72 bits per heavy atom. The van der Waals surface area contributed by atoms with Gasteiger partial charge in [-0.2, -0.15) is 0 Å². The van der Waals surface area contributed by atoms with Gasteiger partial charge in [0.05, 0.1) is 0 Å². The van der Waals surface area contributed by atoms with Crippen molar-refractivity contribution in [2.75, 3.05) is 39.3 Å². The van der Waals surface area contributed by atoms with Crippen LogP contribution in [-0.2, 0) is 4.79 Å². The molecule has 1 heterocycles. The number of rotatable bonds is 13. The molecule has 4 N–H and O–H groups in total. The van der Waals surface area contributed by atoms with Gasteiger partial charge in [-0.15, -0.1) is 0 Å². The highest BCUT2D eigenvalue weighted by Crippen LogP contribution is 2.13. The van der Waals surface area contributed by atoms with Crippen LogP contribution in [0.4, 0.5) is 0 Å². The highest BCUT2D eigenvalue weighted by atomic mass is 16.1. The predicted molar refractivity (Wildman–Crippen MR) is 139 cm³/mol. The molecule has 1 saturated heterocycles. The molecular weight excluding hydrogens is 396 g/mol. The molecule has 0 unspecified atom stereocenters. The van der Waals surface area contributed by atoms with Crippen LogP contribution in [-0.4, -0.2) is 51.2 Å². The van der Waals surface area contributed by atoms with E-state index in [1.807, 2.05) is 0 Å². The molecule has 1 aliphatic heterocycles. The number of nitrogens with one attached hydrogen (secondary N) is 4. The maximum atomic E-state index is 12.4. The van der Waals surface area contributed by atoms with Gasteiger partial charge in [0.1, 0.15) is 0 Å². The van der Waals surface area contributed by atoms with E-state index in [1.54, 1.807) is 0 Å². The van der Waals surface area contributed by atoms with E-state index in [2.05, 4.69) is 28.2 Å². The van der Waals surface area contributed by atoms with Crippen LogP contribution in [0.1, 0.15) is 122 Å². The first-order chi connectivity index (χ1) is 15.8. The Balaban J connectivity index is 2.13. The Kier molecular flexibility index (Phi) is 21.6. The fraction of sp³-hybridized carbons (Fsp3) is 0.963. The molecule has 5 nitrogen and oxygen atoms in total. The molecule has 1 aliphatic rings. The molecule has 0 aromatic rings. The summed E-state index contributed by atoms with van der Waals surface area (Å²) in [5, 5.41) is 13.8. The van der Waals surface area contributed by atoms with Crippen LogP contribution >= 0.6 is 0 Å². The molecule has 0 bridgehead atoms. The van der Waals surface area contributed by atoms with Crippen molar-refractivity contribution in [1.29, 1.82) is 0 Å². The van der Waals surface area contributed by atoms with Crippen molar-refractivity contribution in [3.63, 3.8) is 0 Å². The molecule has 0 aliphatic carbocycles. The van der Waals surface area contributed by atoms with Crippen LogP contribution in [0.3, 0.4) is 0 Å². The molecule has 1 amide bonds. The van der Waals surface area contributed by atoms with Crippen LogP contribution in [0.2, 0.25) is 0 Å². The molecule has 0 aromatic heterocycles. The molecule has 0 radical (unpaired) electrons. The van der Waals surface area contributed by atoms with Crippen molar-refractivity contribution >= 4 is 5.91 Å². The third kappa shape index (κ3) is 20.0.